The molecular weight excluding hydrogens is 444 g/mol. The van der Waals surface area contributed by atoms with Crippen molar-refractivity contribution < 1.29 is 4.79 Å². The second-order valence-electron chi connectivity index (χ2n) is 9.46. The summed E-state index contributed by atoms with van der Waals surface area (Å²) in [6.07, 6.45) is 10.8. The van der Waals surface area contributed by atoms with E-state index < -0.39 is 0 Å². The number of benzene rings is 2. The van der Waals surface area contributed by atoms with Crippen molar-refractivity contribution >= 4 is 17.4 Å². The van der Waals surface area contributed by atoms with Crippen molar-refractivity contribution in [2.45, 2.75) is 32.1 Å². The summed E-state index contributed by atoms with van der Waals surface area (Å²) in [7, 11) is 0. The zero-order valence-corrected chi connectivity index (χ0v) is 20.5. The van der Waals surface area contributed by atoms with E-state index in [-0.39, 0.29) is 5.91 Å². The third kappa shape index (κ3) is 5.98. The van der Waals surface area contributed by atoms with Crippen LogP contribution in [0.1, 0.15) is 41.6 Å². The average molecular weight is 477 g/mol. The van der Waals surface area contributed by atoms with Gasteiger partial charge in [0.15, 0.2) is 0 Å². The molecule has 1 saturated heterocycles. The van der Waals surface area contributed by atoms with Crippen molar-refractivity contribution in [3.8, 4) is 11.1 Å². The number of pyridine rings is 2. The molecule has 2 aromatic heterocycles. The SMILES string of the molecule is O=C(Nc1ccc(-c2ccccc2)cc1CC1CCCCN(c2ccccn2)CC1)c1cccnc1. The molecule has 182 valence electrons. The minimum atomic E-state index is -0.129. The Balaban J connectivity index is 1.38. The van der Waals surface area contributed by atoms with Gasteiger partial charge in [0.1, 0.15) is 5.82 Å². The van der Waals surface area contributed by atoms with Crippen molar-refractivity contribution in [2.24, 2.45) is 5.92 Å². The van der Waals surface area contributed by atoms with E-state index in [4.69, 9.17) is 0 Å². The fraction of sp³-hybridized carbons (Fsp3) is 0.258. The number of carbonyl (C=O) groups is 1. The summed E-state index contributed by atoms with van der Waals surface area (Å²) >= 11 is 0. The molecule has 0 radical (unpaired) electrons. The molecular formula is C31H32N4O. The maximum Gasteiger partial charge on any atom is 0.257 e. The van der Waals surface area contributed by atoms with Crippen LogP contribution in [0.4, 0.5) is 11.5 Å². The van der Waals surface area contributed by atoms with E-state index in [2.05, 4.69) is 74.8 Å². The van der Waals surface area contributed by atoms with Gasteiger partial charge in [-0.2, -0.15) is 0 Å². The van der Waals surface area contributed by atoms with Crippen LogP contribution in [0.3, 0.4) is 0 Å². The highest BCUT2D eigenvalue weighted by molar-refractivity contribution is 6.04. The number of amides is 1. The van der Waals surface area contributed by atoms with Crippen LogP contribution < -0.4 is 10.2 Å². The first-order valence-electron chi connectivity index (χ1n) is 12.8. The minimum Gasteiger partial charge on any atom is -0.357 e. The van der Waals surface area contributed by atoms with Crippen molar-refractivity contribution in [2.75, 3.05) is 23.3 Å². The van der Waals surface area contributed by atoms with E-state index >= 15 is 0 Å². The Bertz CT molecular complexity index is 1260. The predicted molar refractivity (Wildman–Crippen MR) is 146 cm³/mol. The molecule has 1 aliphatic heterocycles. The van der Waals surface area contributed by atoms with Crippen LogP contribution in [-0.4, -0.2) is 29.0 Å². The Labute approximate surface area is 213 Å². The first-order valence-corrected chi connectivity index (χ1v) is 12.8. The van der Waals surface area contributed by atoms with Gasteiger partial charge in [0.05, 0.1) is 5.56 Å². The number of hydrogen-bond acceptors (Lipinski definition) is 4. The molecule has 1 fully saturated rings. The van der Waals surface area contributed by atoms with Crippen LogP contribution in [0.25, 0.3) is 11.1 Å². The standard InChI is InChI=1S/C31H32N4O/c36-31(27-12-8-17-32-23-27)34-29-15-14-26(25-10-2-1-3-11-25)22-28(29)21-24-9-5-7-19-35(20-16-24)30-13-4-6-18-33-30/h1-4,6,8,10-15,17-18,22-24H,5,7,9,16,19-21H2,(H,34,36). The molecule has 4 aromatic rings. The maximum absolute atomic E-state index is 12.9. The summed E-state index contributed by atoms with van der Waals surface area (Å²) in [5, 5.41) is 3.16. The lowest BCUT2D eigenvalue weighted by atomic mass is 9.88. The quantitative estimate of drug-likeness (QED) is 0.339. The molecule has 1 aliphatic rings. The third-order valence-electron chi connectivity index (χ3n) is 6.96. The van der Waals surface area contributed by atoms with E-state index in [1.165, 1.54) is 36.0 Å². The van der Waals surface area contributed by atoms with Crippen molar-refractivity contribution in [3.05, 3.63) is 109 Å². The number of rotatable bonds is 6. The molecule has 0 aliphatic carbocycles. The monoisotopic (exact) mass is 476 g/mol. The minimum absolute atomic E-state index is 0.129. The van der Waals surface area contributed by atoms with Crippen LogP contribution in [0.15, 0.2) is 97.5 Å². The molecule has 1 atom stereocenters. The van der Waals surface area contributed by atoms with Gasteiger partial charge in [-0.15, -0.1) is 0 Å². The Morgan fingerprint density at radius 3 is 2.56 bits per heavy atom. The van der Waals surface area contributed by atoms with Crippen LogP contribution in [0.5, 0.6) is 0 Å². The Morgan fingerprint density at radius 2 is 1.75 bits per heavy atom. The molecule has 0 bridgehead atoms. The van der Waals surface area contributed by atoms with E-state index in [1.54, 1.807) is 24.5 Å². The fourth-order valence-corrected chi connectivity index (χ4v) is 5.00. The molecule has 2 aromatic carbocycles. The molecule has 5 heteroatoms. The zero-order chi connectivity index (χ0) is 24.6. The lowest BCUT2D eigenvalue weighted by molar-refractivity contribution is 0.102. The van der Waals surface area contributed by atoms with Crippen LogP contribution in [-0.2, 0) is 6.42 Å². The third-order valence-corrected chi connectivity index (χ3v) is 6.96. The molecule has 3 heterocycles. The largest absolute Gasteiger partial charge is 0.357 e. The molecule has 1 unspecified atom stereocenters. The summed E-state index contributed by atoms with van der Waals surface area (Å²) in [4.78, 5) is 24.0. The van der Waals surface area contributed by atoms with Crippen molar-refractivity contribution in [3.63, 3.8) is 0 Å². The van der Waals surface area contributed by atoms with Crippen molar-refractivity contribution in [1.29, 1.82) is 0 Å². The molecule has 5 rings (SSSR count). The van der Waals surface area contributed by atoms with Gasteiger partial charge < -0.3 is 10.2 Å². The lowest BCUT2D eigenvalue weighted by Gasteiger charge is -2.29. The van der Waals surface area contributed by atoms with Gasteiger partial charge in [0.2, 0.25) is 0 Å². The van der Waals surface area contributed by atoms with E-state index in [0.29, 0.717) is 11.5 Å². The van der Waals surface area contributed by atoms with Gasteiger partial charge >= 0.3 is 0 Å². The van der Waals surface area contributed by atoms with Crippen LogP contribution >= 0.6 is 0 Å². The number of aromatic nitrogens is 2. The normalized spacial score (nSPS) is 16.1. The molecule has 1 N–H and O–H groups in total. The van der Waals surface area contributed by atoms with Crippen LogP contribution in [0.2, 0.25) is 0 Å². The number of carbonyl (C=O) groups excluding carboxylic acids is 1. The molecule has 0 spiro atoms. The van der Waals surface area contributed by atoms with E-state index in [0.717, 1.165) is 37.4 Å². The first-order chi connectivity index (χ1) is 17.8. The molecule has 1 amide bonds. The predicted octanol–water partition coefficient (Wildman–Crippen LogP) is 6.64. The van der Waals surface area contributed by atoms with Crippen molar-refractivity contribution in [1.82, 2.24) is 9.97 Å². The number of anilines is 2. The lowest BCUT2D eigenvalue weighted by Crippen LogP contribution is -2.30. The Kier molecular flexibility index (Phi) is 7.67. The van der Waals surface area contributed by atoms with Gasteiger partial charge in [-0.3, -0.25) is 9.78 Å². The number of nitrogens with one attached hydrogen (secondary N) is 1. The topological polar surface area (TPSA) is 58.1 Å². The molecule has 36 heavy (non-hydrogen) atoms. The van der Waals surface area contributed by atoms with Gasteiger partial charge in [-0.05, 0) is 84.7 Å². The Hall–Kier alpha value is -3.99. The average Bonchev–Trinajstić information content (AvgIpc) is 2.92. The highest BCUT2D eigenvalue weighted by Crippen LogP contribution is 2.31. The highest BCUT2D eigenvalue weighted by atomic mass is 16.1. The maximum atomic E-state index is 12.9. The summed E-state index contributed by atoms with van der Waals surface area (Å²) in [5.41, 5.74) is 4.98. The second kappa shape index (κ2) is 11.6. The Morgan fingerprint density at radius 1 is 0.861 bits per heavy atom. The van der Waals surface area contributed by atoms with Gasteiger partial charge in [0, 0.05) is 37.4 Å². The van der Waals surface area contributed by atoms with Gasteiger partial charge in [-0.1, -0.05) is 48.9 Å². The summed E-state index contributed by atoms with van der Waals surface area (Å²) < 4.78 is 0. The summed E-state index contributed by atoms with van der Waals surface area (Å²) in [6.45, 7) is 2.05. The first kappa shape index (κ1) is 23.7. The van der Waals surface area contributed by atoms with Crippen LogP contribution in [0, 0.1) is 5.92 Å². The number of nitrogens with zero attached hydrogens (tertiary/aromatic N) is 3. The second-order valence-corrected chi connectivity index (χ2v) is 9.46. The van der Waals surface area contributed by atoms with E-state index in [9.17, 15) is 4.79 Å². The highest BCUT2D eigenvalue weighted by Gasteiger charge is 2.19. The van der Waals surface area contributed by atoms with Gasteiger partial charge in [0.25, 0.3) is 5.91 Å². The molecule has 0 saturated carbocycles. The summed E-state index contributed by atoms with van der Waals surface area (Å²) in [6, 6.07) is 26.5. The smallest absolute Gasteiger partial charge is 0.257 e. The summed E-state index contributed by atoms with van der Waals surface area (Å²) in [5.74, 6) is 1.47. The van der Waals surface area contributed by atoms with E-state index in [1.807, 2.05) is 18.3 Å². The van der Waals surface area contributed by atoms with Gasteiger partial charge in [-0.25, -0.2) is 4.98 Å². The molecule has 5 nitrogen and oxygen atoms in total. The number of hydrogen-bond donors (Lipinski definition) is 1. The fourth-order valence-electron chi connectivity index (χ4n) is 5.00. The zero-order valence-electron chi connectivity index (χ0n) is 20.5.